The van der Waals surface area contributed by atoms with Crippen LogP contribution in [0.4, 0.5) is 5.95 Å². The average Bonchev–Trinajstić information content (AvgIpc) is 2.47. The number of fused-ring (bicyclic) bond motifs is 1. The third-order valence-corrected chi connectivity index (χ3v) is 4.08. The lowest BCUT2D eigenvalue weighted by Crippen LogP contribution is -2.19. The van der Waals surface area contributed by atoms with Gasteiger partial charge in [-0.15, -0.1) is 0 Å². The number of imidazole rings is 1. The van der Waals surface area contributed by atoms with Crippen molar-refractivity contribution in [2.45, 2.75) is 25.8 Å². The minimum absolute atomic E-state index is 0.656. The summed E-state index contributed by atoms with van der Waals surface area (Å²) in [6.45, 7) is 1.03. The fraction of sp³-hybridized carbons (Fsp3) is 0.417. The molecule has 1 aromatic heterocycles. The number of hydrogen-bond donors (Lipinski definition) is 1. The molecule has 1 aromatic carbocycles. The first kappa shape index (κ1) is 10.4. The Bertz CT molecular complexity index is 528. The Morgan fingerprint density at radius 2 is 2.25 bits per heavy atom. The first-order chi connectivity index (χ1) is 7.74. The number of halogens is 1. The van der Waals surface area contributed by atoms with Crippen molar-refractivity contribution in [2.24, 2.45) is 5.92 Å². The molecule has 0 unspecified atom stereocenters. The van der Waals surface area contributed by atoms with Gasteiger partial charge in [0.1, 0.15) is 0 Å². The number of nitrogen functional groups attached to an aromatic ring is 1. The third-order valence-electron chi connectivity index (χ3n) is 3.41. The van der Waals surface area contributed by atoms with Gasteiger partial charge < -0.3 is 10.3 Å². The van der Waals surface area contributed by atoms with Gasteiger partial charge in [-0.05, 0) is 59.5 Å². The summed E-state index contributed by atoms with van der Waals surface area (Å²) in [7, 11) is 0. The fourth-order valence-corrected chi connectivity index (χ4v) is 2.72. The number of hydrogen-bond acceptors (Lipinski definition) is 2. The Kier molecular flexibility index (Phi) is 2.53. The van der Waals surface area contributed by atoms with Crippen molar-refractivity contribution >= 4 is 39.6 Å². The molecule has 1 aliphatic carbocycles. The summed E-state index contributed by atoms with van der Waals surface area (Å²) in [5.74, 6) is 1.46. The largest absolute Gasteiger partial charge is 0.369 e. The first-order valence-electron chi connectivity index (χ1n) is 5.65. The molecule has 84 valence electrons. The second kappa shape index (κ2) is 3.91. The standard InChI is InChI=1S/C12H14IN3/c13-9-4-5-11-10(6-9)15-12(14)16(11)7-8-2-1-3-8/h4-6,8H,1-3,7H2,(H2,14,15). The number of benzene rings is 1. The smallest absolute Gasteiger partial charge is 0.201 e. The summed E-state index contributed by atoms with van der Waals surface area (Å²) in [5, 5.41) is 0. The van der Waals surface area contributed by atoms with E-state index in [1.807, 2.05) is 0 Å². The number of anilines is 1. The molecule has 1 fully saturated rings. The summed E-state index contributed by atoms with van der Waals surface area (Å²) in [6.07, 6.45) is 4.04. The lowest BCUT2D eigenvalue weighted by Gasteiger charge is -2.26. The van der Waals surface area contributed by atoms with Crippen molar-refractivity contribution in [1.29, 1.82) is 0 Å². The van der Waals surface area contributed by atoms with Crippen LogP contribution in [-0.2, 0) is 6.54 Å². The Labute approximate surface area is 108 Å². The predicted octanol–water partition coefficient (Wildman–Crippen LogP) is 3.02. The number of nitrogens with two attached hydrogens (primary N) is 1. The van der Waals surface area contributed by atoms with Crippen LogP contribution in [-0.4, -0.2) is 9.55 Å². The second-order valence-corrected chi connectivity index (χ2v) is 5.76. The van der Waals surface area contributed by atoms with Gasteiger partial charge >= 0.3 is 0 Å². The van der Waals surface area contributed by atoms with Gasteiger partial charge in [-0.3, -0.25) is 0 Å². The maximum absolute atomic E-state index is 5.98. The van der Waals surface area contributed by atoms with Crippen LogP contribution in [0, 0.1) is 9.49 Å². The molecular weight excluding hydrogens is 313 g/mol. The zero-order valence-corrected chi connectivity index (χ0v) is 11.1. The molecule has 0 saturated heterocycles. The Morgan fingerprint density at radius 1 is 1.44 bits per heavy atom. The minimum Gasteiger partial charge on any atom is -0.369 e. The summed E-state index contributed by atoms with van der Waals surface area (Å²) in [4.78, 5) is 4.42. The molecule has 0 aliphatic heterocycles. The summed E-state index contributed by atoms with van der Waals surface area (Å²) in [6, 6.07) is 6.32. The van der Waals surface area contributed by atoms with Crippen molar-refractivity contribution in [3.05, 3.63) is 21.8 Å². The Hall–Kier alpha value is -0.780. The highest BCUT2D eigenvalue weighted by molar-refractivity contribution is 14.1. The Balaban J connectivity index is 2.04. The Morgan fingerprint density at radius 3 is 2.94 bits per heavy atom. The molecule has 1 saturated carbocycles. The molecule has 2 N–H and O–H groups in total. The monoisotopic (exact) mass is 327 g/mol. The summed E-state index contributed by atoms with van der Waals surface area (Å²) >= 11 is 2.30. The number of nitrogens with zero attached hydrogens (tertiary/aromatic N) is 2. The highest BCUT2D eigenvalue weighted by atomic mass is 127. The van der Waals surface area contributed by atoms with Crippen LogP contribution < -0.4 is 5.73 Å². The van der Waals surface area contributed by atoms with E-state index in [9.17, 15) is 0 Å². The molecule has 0 radical (unpaired) electrons. The molecular formula is C12H14IN3. The average molecular weight is 327 g/mol. The van der Waals surface area contributed by atoms with Gasteiger partial charge in [0.25, 0.3) is 0 Å². The molecule has 1 heterocycles. The lowest BCUT2D eigenvalue weighted by atomic mass is 9.85. The lowest BCUT2D eigenvalue weighted by molar-refractivity contribution is 0.281. The van der Waals surface area contributed by atoms with Crippen LogP contribution in [0.1, 0.15) is 19.3 Å². The van der Waals surface area contributed by atoms with Crippen molar-refractivity contribution < 1.29 is 0 Å². The zero-order chi connectivity index (χ0) is 11.1. The van der Waals surface area contributed by atoms with Crippen LogP contribution in [0.5, 0.6) is 0 Å². The molecule has 2 aromatic rings. The van der Waals surface area contributed by atoms with E-state index in [1.54, 1.807) is 0 Å². The van der Waals surface area contributed by atoms with Crippen LogP contribution in [0.2, 0.25) is 0 Å². The third kappa shape index (κ3) is 1.69. The van der Waals surface area contributed by atoms with Crippen LogP contribution in [0.3, 0.4) is 0 Å². The van der Waals surface area contributed by atoms with Gasteiger partial charge in [0.15, 0.2) is 0 Å². The van der Waals surface area contributed by atoms with E-state index in [4.69, 9.17) is 5.73 Å². The molecule has 16 heavy (non-hydrogen) atoms. The molecule has 1 aliphatic rings. The molecule has 0 bridgehead atoms. The molecule has 4 heteroatoms. The molecule has 0 spiro atoms. The summed E-state index contributed by atoms with van der Waals surface area (Å²) in [5.41, 5.74) is 8.17. The quantitative estimate of drug-likeness (QED) is 0.862. The van der Waals surface area contributed by atoms with E-state index in [0.717, 1.165) is 18.0 Å². The van der Waals surface area contributed by atoms with Gasteiger partial charge in [-0.1, -0.05) is 6.42 Å². The predicted molar refractivity (Wildman–Crippen MR) is 74.2 cm³/mol. The van der Waals surface area contributed by atoms with E-state index in [2.05, 4.69) is 50.3 Å². The van der Waals surface area contributed by atoms with Crippen molar-refractivity contribution in [2.75, 3.05) is 5.73 Å². The highest BCUT2D eigenvalue weighted by Gasteiger charge is 2.20. The number of rotatable bonds is 2. The van der Waals surface area contributed by atoms with Crippen molar-refractivity contribution in [1.82, 2.24) is 9.55 Å². The van der Waals surface area contributed by atoms with Crippen LogP contribution in [0.15, 0.2) is 18.2 Å². The van der Waals surface area contributed by atoms with E-state index in [0.29, 0.717) is 5.95 Å². The zero-order valence-electron chi connectivity index (χ0n) is 8.99. The van der Waals surface area contributed by atoms with Gasteiger partial charge in [-0.2, -0.15) is 0 Å². The first-order valence-corrected chi connectivity index (χ1v) is 6.73. The fourth-order valence-electron chi connectivity index (χ4n) is 2.25. The molecule has 0 atom stereocenters. The SMILES string of the molecule is Nc1nc2cc(I)ccc2n1CC1CCC1. The minimum atomic E-state index is 0.656. The van der Waals surface area contributed by atoms with Gasteiger partial charge in [0.2, 0.25) is 5.95 Å². The number of aromatic nitrogens is 2. The van der Waals surface area contributed by atoms with E-state index < -0.39 is 0 Å². The molecule has 0 amide bonds. The van der Waals surface area contributed by atoms with Crippen LogP contribution >= 0.6 is 22.6 Å². The summed E-state index contributed by atoms with van der Waals surface area (Å²) < 4.78 is 3.37. The highest BCUT2D eigenvalue weighted by Crippen LogP contribution is 2.30. The van der Waals surface area contributed by atoms with Crippen molar-refractivity contribution in [3.8, 4) is 0 Å². The van der Waals surface area contributed by atoms with Crippen molar-refractivity contribution in [3.63, 3.8) is 0 Å². The normalized spacial score (nSPS) is 16.6. The maximum atomic E-state index is 5.98. The second-order valence-electron chi connectivity index (χ2n) is 4.51. The van der Waals surface area contributed by atoms with E-state index in [1.165, 1.54) is 28.3 Å². The van der Waals surface area contributed by atoms with Gasteiger partial charge in [-0.25, -0.2) is 4.98 Å². The van der Waals surface area contributed by atoms with E-state index >= 15 is 0 Å². The topological polar surface area (TPSA) is 43.8 Å². The van der Waals surface area contributed by atoms with Gasteiger partial charge in [0, 0.05) is 10.1 Å². The van der Waals surface area contributed by atoms with Gasteiger partial charge in [0.05, 0.1) is 11.0 Å². The maximum Gasteiger partial charge on any atom is 0.201 e. The van der Waals surface area contributed by atoms with E-state index in [-0.39, 0.29) is 0 Å². The molecule has 3 nitrogen and oxygen atoms in total. The molecule has 3 rings (SSSR count). The van der Waals surface area contributed by atoms with Crippen LogP contribution in [0.25, 0.3) is 11.0 Å².